The van der Waals surface area contributed by atoms with Gasteiger partial charge in [0.1, 0.15) is 17.8 Å². The van der Waals surface area contributed by atoms with Crippen molar-refractivity contribution in [2.24, 2.45) is 0 Å². The quantitative estimate of drug-likeness (QED) is 0.742. The summed E-state index contributed by atoms with van der Waals surface area (Å²) in [5.74, 6) is 0.384. The molecular formula is C12H14BrFN6. The Balaban J connectivity index is 2.29. The molecule has 20 heavy (non-hydrogen) atoms. The first kappa shape index (κ1) is 14.5. The number of hydrogen-bond donors (Lipinski definition) is 3. The van der Waals surface area contributed by atoms with Crippen molar-refractivity contribution < 1.29 is 4.39 Å². The van der Waals surface area contributed by atoms with Gasteiger partial charge < -0.3 is 16.5 Å². The minimum atomic E-state index is -0.403. The van der Waals surface area contributed by atoms with Crippen LogP contribution in [0, 0.1) is 5.82 Å². The molecule has 0 aliphatic carbocycles. The van der Waals surface area contributed by atoms with Gasteiger partial charge in [-0.25, -0.2) is 19.4 Å². The summed E-state index contributed by atoms with van der Waals surface area (Å²) in [4.78, 5) is 8.05. The lowest BCUT2D eigenvalue weighted by molar-refractivity contribution is 0.492. The van der Waals surface area contributed by atoms with Gasteiger partial charge in [-0.3, -0.25) is 0 Å². The Bertz CT molecular complexity index is 619. The molecule has 0 amide bonds. The third kappa shape index (κ3) is 3.34. The molecule has 0 aliphatic rings. The molecule has 1 aromatic heterocycles. The van der Waals surface area contributed by atoms with Gasteiger partial charge >= 0.3 is 0 Å². The molecular weight excluding hydrogens is 327 g/mol. The molecule has 0 saturated heterocycles. The Kier molecular flexibility index (Phi) is 4.35. The molecule has 0 aliphatic heterocycles. The summed E-state index contributed by atoms with van der Waals surface area (Å²) in [5.41, 5.74) is 9.49. The molecule has 1 aromatic carbocycles. The third-order valence-corrected chi connectivity index (χ3v) is 2.89. The van der Waals surface area contributed by atoms with Gasteiger partial charge in [-0.1, -0.05) is 15.9 Å². The SMILES string of the molecule is CN(C)Nc1ncnc(Nc2ccc(Br)cc2F)c1N. The van der Waals surface area contributed by atoms with Crippen LogP contribution in [-0.2, 0) is 0 Å². The van der Waals surface area contributed by atoms with Crippen molar-refractivity contribution in [2.75, 3.05) is 30.6 Å². The largest absolute Gasteiger partial charge is 0.393 e. The zero-order valence-electron chi connectivity index (χ0n) is 11.0. The number of hydrazine groups is 1. The number of halogens is 2. The summed E-state index contributed by atoms with van der Waals surface area (Å²) >= 11 is 3.20. The van der Waals surface area contributed by atoms with Crippen LogP contribution >= 0.6 is 15.9 Å². The first-order chi connectivity index (χ1) is 9.47. The topological polar surface area (TPSA) is 79.1 Å². The zero-order chi connectivity index (χ0) is 14.7. The Morgan fingerprint density at radius 2 is 1.95 bits per heavy atom. The first-order valence-electron chi connectivity index (χ1n) is 5.74. The number of aromatic nitrogens is 2. The fraction of sp³-hybridized carbons (Fsp3) is 0.167. The Labute approximate surface area is 124 Å². The molecule has 6 nitrogen and oxygen atoms in total. The second-order valence-electron chi connectivity index (χ2n) is 4.24. The molecule has 0 fully saturated rings. The van der Waals surface area contributed by atoms with Crippen LogP contribution in [0.1, 0.15) is 0 Å². The lowest BCUT2D eigenvalue weighted by atomic mass is 10.3. The number of nitrogens with zero attached hydrogens (tertiary/aromatic N) is 3. The Morgan fingerprint density at radius 3 is 2.60 bits per heavy atom. The summed E-state index contributed by atoms with van der Waals surface area (Å²) in [5, 5.41) is 4.55. The highest BCUT2D eigenvalue weighted by atomic mass is 79.9. The molecule has 2 aromatic rings. The van der Waals surface area contributed by atoms with E-state index in [0.717, 1.165) is 0 Å². The van der Waals surface area contributed by atoms with Crippen LogP contribution in [0.3, 0.4) is 0 Å². The fourth-order valence-electron chi connectivity index (χ4n) is 1.51. The number of hydrogen-bond acceptors (Lipinski definition) is 6. The maximum Gasteiger partial charge on any atom is 0.169 e. The summed E-state index contributed by atoms with van der Waals surface area (Å²) in [6.45, 7) is 0. The second kappa shape index (κ2) is 6.02. The fourth-order valence-corrected chi connectivity index (χ4v) is 1.85. The monoisotopic (exact) mass is 340 g/mol. The lowest BCUT2D eigenvalue weighted by Crippen LogP contribution is -2.21. The smallest absolute Gasteiger partial charge is 0.169 e. The van der Waals surface area contributed by atoms with E-state index in [1.165, 1.54) is 12.4 Å². The van der Waals surface area contributed by atoms with E-state index in [-0.39, 0.29) is 5.69 Å². The van der Waals surface area contributed by atoms with E-state index in [1.54, 1.807) is 17.1 Å². The van der Waals surface area contributed by atoms with Crippen molar-refractivity contribution in [2.45, 2.75) is 0 Å². The predicted molar refractivity (Wildman–Crippen MR) is 81.1 cm³/mol. The van der Waals surface area contributed by atoms with Crippen LogP contribution in [0.5, 0.6) is 0 Å². The normalized spacial score (nSPS) is 10.7. The van der Waals surface area contributed by atoms with Crippen molar-refractivity contribution in [3.8, 4) is 0 Å². The molecule has 0 bridgehead atoms. The van der Waals surface area contributed by atoms with Gasteiger partial charge in [0.15, 0.2) is 11.6 Å². The predicted octanol–water partition coefficient (Wildman–Crippen LogP) is 2.59. The Hall–Kier alpha value is -1.93. The maximum atomic E-state index is 13.8. The number of rotatable bonds is 4. The molecule has 1 heterocycles. The van der Waals surface area contributed by atoms with Gasteiger partial charge in [0.2, 0.25) is 0 Å². The van der Waals surface area contributed by atoms with E-state index in [2.05, 4.69) is 36.6 Å². The van der Waals surface area contributed by atoms with Gasteiger partial charge in [-0.05, 0) is 18.2 Å². The highest BCUT2D eigenvalue weighted by Gasteiger charge is 2.11. The average molecular weight is 341 g/mol. The van der Waals surface area contributed by atoms with E-state index in [0.29, 0.717) is 21.8 Å². The van der Waals surface area contributed by atoms with Gasteiger partial charge in [0.05, 0.1) is 5.69 Å². The number of benzene rings is 1. The summed E-state index contributed by atoms with van der Waals surface area (Å²) in [6, 6.07) is 4.68. The van der Waals surface area contributed by atoms with Crippen molar-refractivity contribution >= 4 is 38.9 Å². The van der Waals surface area contributed by atoms with Crippen molar-refractivity contribution in [1.82, 2.24) is 15.0 Å². The number of nitrogen functional groups attached to an aromatic ring is 1. The van der Waals surface area contributed by atoms with Crippen LogP contribution in [0.2, 0.25) is 0 Å². The minimum Gasteiger partial charge on any atom is -0.393 e. The van der Waals surface area contributed by atoms with Crippen LogP contribution in [0.4, 0.5) is 27.4 Å². The third-order valence-electron chi connectivity index (χ3n) is 2.40. The zero-order valence-corrected chi connectivity index (χ0v) is 12.6. The Morgan fingerprint density at radius 1 is 1.25 bits per heavy atom. The molecule has 0 radical (unpaired) electrons. The first-order valence-corrected chi connectivity index (χ1v) is 6.53. The summed E-state index contributed by atoms with van der Waals surface area (Å²) in [6.07, 6.45) is 1.35. The van der Waals surface area contributed by atoms with E-state index in [4.69, 9.17) is 5.73 Å². The van der Waals surface area contributed by atoms with E-state index < -0.39 is 5.82 Å². The summed E-state index contributed by atoms with van der Waals surface area (Å²) < 4.78 is 14.4. The highest BCUT2D eigenvalue weighted by Crippen LogP contribution is 2.28. The number of anilines is 4. The van der Waals surface area contributed by atoms with Gasteiger partial charge in [-0.15, -0.1) is 0 Å². The van der Waals surface area contributed by atoms with Gasteiger partial charge in [0.25, 0.3) is 0 Å². The molecule has 2 rings (SSSR count). The molecule has 0 atom stereocenters. The molecule has 8 heteroatoms. The second-order valence-corrected chi connectivity index (χ2v) is 5.16. The molecule has 106 valence electrons. The van der Waals surface area contributed by atoms with Crippen molar-refractivity contribution in [1.29, 1.82) is 0 Å². The lowest BCUT2D eigenvalue weighted by Gasteiger charge is -2.16. The van der Waals surface area contributed by atoms with Crippen LogP contribution in [-0.4, -0.2) is 29.1 Å². The average Bonchev–Trinajstić information content (AvgIpc) is 2.36. The molecule has 0 saturated carbocycles. The number of nitrogens with one attached hydrogen (secondary N) is 2. The standard InChI is InChI=1S/C12H14BrFN6/c1-20(2)19-12-10(15)11(16-6-17-12)18-9-4-3-7(13)5-8(9)14/h3-6H,15H2,1-2H3,(H2,16,17,18,19). The maximum absolute atomic E-state index is 13.8. The number of nitrogens with two attached hydrogens (primary N) is 1. The van der Waals surface area contributed by atoms with Crippen molar-refractivity contribution in [3.05, 3.63) is 34.8 Å². The van der Waals surface area contributed by atoms with Crippen LogP contribution in [0.15, 0.2) is 29.0 Å². The van der Waals surface area contributed by atoms with E-state index >= 15 is 0 Å². The molecule has 0 unspecified atom stereocenters. The molecule has 4 N–H and O–H groups in total. The van der Waals surface area contributed by atoms with Gasteiger partial charge in [0, 0.05) is 18.6 Å². The van der Waals surface area contributed by atoms with Crippen LogP contribution in [0.25, 0.3) is 0 Å². The van der Waals surface area contributed by atoms with Gasteiger partial charge in [-0.2, -0.15) is 0 Å². The van der Waals surface area contributed by atoms with E-state index in [9.17, 15) is 4.39 Å². The van der Waals surface area contributed by atoms with Crippen molar-refractivity contribution in [3.63, 3.8) is 0 Å². The highest BCUT2D eigenvalue weighted by molar-refractivity contribution is 9.10. The van der Waals surface area contributed by atoms with E-state index in [1.807, 2.05) is 14.1 Å². The van der Waals surface area contributed by atoms with Crippen LogP contribution < -0.4 is 16.5 Å². The minimum absolute atomic E-state index is 0.286. The molecule has 0 spiro atoms. The summed E-state index contributed by atoms with van der Waals surface area (Å²) in [7, 11) is 3.62.